The Labute approximate surface area is 253 Å². The van der Waals surface area contributed by atoms with Gasteiger partial charge in [0.25, 0.3) is 11.5 Å². The van der Waals surface area contributed by atoms with Gasteiger partial charge in [-0.05, 0) is 89.1 Å². The molecule has 0 bridgehead atoms. The number of aliphatic imine (C=N–C) groups is 1. The lowest BCUT2D eigenvalue weighted by Gasteiger charge is -2.33. The first-order chi connectivity index (χ1) is 20.7. The minimum Gasteiger partial charge on any atom is -0.300 e. The van der Waals surface area contributed by atoms with Crippen LogP contribution in [0.1, 0.15) is 64.8 Å². The van der Waals surface area contributed by atoms with E-state index in [1.807, 2.05) is 24.8 Å². The molecule has 44 heavy (non-hydrogen) atoms. The van der Waals surface area contributed by atoms with Crippen molar-refractivity contribution in [3.8, 4) is 11.1 Å². The van der Waals surface area contributed by atoms with E-state index >= 15 is 0 Å². The molecule has 0 atom stereocenters. The van der Waals surface area contributed by atoms with Gasteiger partial charge in [0.1, 0.15) is 11.5 Å². The van der Waals surface area contributed by atoms with Crippen LogP contribution in [0.25, 0.3) is 22.2 Å². The van der Waals surface area contributed by atoms with E-state index in [0.717, 1.165) is 43.9 Å². The summed E-state index contributed by atoms with van der Waals surface area (Å²) in [6.07, 6.45) is 4.15. The number of hydrogen-bond donors (Lipinski definition) is 1. The number of aromatic nitrogens is 3. The minimum absolute atomic E-state index is 0.129. The van der Waals surface area contributed by atoms with Gasteiger partial charge in [-0.15, -0.1) is 0 Å². The normalized spacial score (nSPS) is 19.8. The monoisotopic (exact) mass is 636 g/mol. The average molecular weight is 637 g/mol. The van der Waals surface area contributed by atoms with E-state index in [9.17, 15) is 30.8 Å². The number of hydrogen-bond acceptors (Lipinski definition) is 7. The maximum atomic E-state index is 14.9. The number of nitrogens with zero attached hydrogens (tertiary/aromatic N) is 5. The lowest BCUT2D eigenvalue weighted by atomic mass is 9.86. The standard InChI is InChI=1S/C30H36F4N6O3S/c1-18(2)40-27-21(17-36-29(37-27)35-16-19-4-7-22(8-5-19)39(3)23-9-10-23)14-24(28(40)41)20-6-11-26(25(31)15-20)38-44(42,43)13-12-30(32,33)34/h6,11,14-19,22-23,38H,4-5,7-10,12-13H2,1-3H3. The zero-order valence-electron chi connectivity index (χ0n) is 24.8. The number of sulfonamides is 1. The molecule has 0 radical (unpaired) electrons. The van der Waals surface area contributed by atoms with Crippen molar-refractivity contribution in [2.24, 2.45) is 10.9 Å². The van der Waals surface area contributed by atoms with Crippen molar-refractivity contribution in [2.45, 2.75) is 83.1 Å². The van der Waals surface area contributed by atoms with Crippen LogP contribution < -0.4 is 10.3 Å². The van der Waals surface area contributed by atoms with E-state index in [1.165, 1.54) is 29.5 Å². The molecule has 238 valence electrons. The predicted molar refractivity (Wildman–Crippen MR) is 162 cm³/mol. The maximum absolute atomic E-state index is 14.9. The molecule has 1 N–H and O–H groups in total. The molecule has 0 saturated heterocycles. The second kappa shape index (κ2) is 12.5. The van der Waals surface area contributed by atoms with Gasteiger partial charge in [-0.2, -0.15) is 18.2 Å². The molecule has 2 aliphatic carbocycles. The number of anilines is 1. The van der Waals surface area contributed by atoms with Crippen LogP contribution in [-0.2, 0) is 10.0 Å². The van der Waals surface area contributed by atoms with Crippen molar-refractivity contribution in [1.82, 2.24) is 19.4 Å². The van der Waals surface area contributed by atoms with E-state index < -0.39 is 45.4 Å². The van der Waals surface area contributed by atoms with E-state index in [-0.39, 0.29) is 23.1 Å². The van der Waals surface area contributed by atoms with Gasteiger partial charge in [0, 0.05) is 41.5 Å². The van der Waals surface area contributed by atoms with Gasteiger partial charge in [0.2, 0.25) is 10.0 Å². The van der Waals surface area contributed by atoms with Crippen LogP contribution in [-0.4, -0.2) is 65.1 Å². The first-order valence-corrected chi connectivity index (χ1v) is 16.4. The average Bonchev–Trinajstić information content (AvgIpc) is 3.81. The molecule has 14 heteroatoms. The molecule has 0 spiro atoms. The van der Waals surface area contributed by atoms with Gasteiger partial charge in [-0.1, -0.05) is 6.07 Å². The second-order valence-electron chi connectivity index (χ2n) is 12.0. The molecular formula is C30H36F4N6O3S. The van der Waals surface area contributed by atoms with E-state index in [1.54, 1.807) is 6.20 Å². The van der Waals surface area contributed by atoms with Crippen LogP contribution in [0.4, 0.5) is 29.2 Å². The summed E-state index contributed by atoms with van der Waals surface area (Å²) in [5.74, 6) is -1.71. The number of fused-ring (bicyclic) bond motifs is 1. The fourth-order valence-corrected chi connectivity index (χ4v) is 6.81. The number of nitrogens with one attached hydrogen (secondary N) is 1. The highest BCUT2D eigenvalue weighted by Gasteiger charge is 2.33. The minimum atomic E-state index is -4.67. The third kappa shape index (κ3) is 7.63. The van der Waals surface area contributed by atoms with Gasteiger partial charge < -0.3 is 4.90 Å². The molecule has 2 fully saturated rings. The summed E-state index contributed by atoms with van der Waals surface area (Å²) < 4.78 is 79.7. The molecule has 2 aromatic heterocycles. The summed E-state index contributed by atoms with van der Waals surface area (Å²) in [4.78, 5) is 29.6. The number of pyridine rings is 1. The van der Waals surface area contributed by atoms with Crippen molar-refractivity contribution in [1.29, 1.82) is 0 Å². The van der Waals surface area contributed by atoms with E-state index in [2.05, 4.69) is 26.9 Å². The largest absolute Gasteiger partial charge is 0.390 e. The number of rotatable bonds is 10. The number of alkyl halides is 3. The Morgan fingerprint density at radius 2 is 1.77 bits per heavy atom. The molecule has 2 heterocycles. The predicted octanol–water partition coefficient (Wildman–Crippen LogP) is 6.23. The quantitative estimate of drug-likeness (QED) is 0.209. The topological polar surface area (TPSA) is 110 Å². The first kappa shape index (κ1) is 32.0. The van der Waals surface area contributed by atoms with Crippen molar-refractivity contribution >= 4 is 38.9 Å². The fourth-order valence-electron chi connectivity index (χ4n) is 5.70. The second-order valence-corrected chi connectivity index (χ2v) is 13.8. The van der Waals surface area contributed by atoms with Gasteiger partial charge >= 0.3 is 6.18 Å². The maximum Gasteiger partial charge on any atom is 0.390 e. The van der Waals surface area contributed by atoms with Crippen molar-refractivity contribution in [2.75, 3.05) is 17.5 Å². The van der Waals surface area contributed by atoms with Crippen LogP contribution >= 0.6 is 0 Å². The summed E-state index contributed by atoms with van der Waals surface area (Å²) in [7, 11) is -2.23. The Morgan fingerprint density at radius 3 is 2.36 bits per heavy atom. The highest BCUT2D eigenvalue weighted by molar-refractivity contribution is 7.92. The lowest BCUT2D eigenvalue weighted by molar-refractivity contribution is -0.129. The summed E-state index contributed by atoms with van der Waals surface area (Å²) >= 11 is 0. The van der Waals surface area contributed by atoms with Crippen molar-refractivity contribution in [3.05, 3.63) is 46.6 Å². The Morgan fingerprint density at radius 1 is 1.11 bits per heavy atom. The van der Waals surface area contributed by atoms with Gasteiger partial charge in [-0.25, -0.2) is 22.8 Å². The molecule has 1 aromatic carbocycles. The number of halogens is 4. The van der Waals surface area contributed by atoms with Crippen molar-refractivity contribution in [3.63, 3.8) is 0 Å². The van der Waals surface area contributed by atoms with Crippen LogP contribution in [0, 0.1) is 11.7 Å². The highest BCUT2D eigenvalue weighted by Crippen LogP contribution is 2.34. The molecule has 0 aliphatic heterocycles. The summed E-state index contributed by atoms with van der Waals surface area (Å²) in [5, 5.41) is 0.521. The number of benzene rings is 1. The van der Waals surface area contributed by atoms with Crippen LogP contribution in [0.5, 0.6) is 0 Å². The van der Waals surface area contributed by atoms with Gasteiger partial charge in [-0.3, -0.25) is 14.1 Å². The lowest BCUT2D eigenvalue weighted by Crippen LogP contribution is -2.36. The van der Waals surface area contributed by atoms with Gasteiger partial charge in [0.05, 0.1) is 17.9 Å². The smallest absolute Gasteiger partial charge is 0.300 e. The molecule has 5 rings (SSSR count). The van der Waals surface area contributed by atoms with Crippen LogP contribution in [0.15, 0.2) is 40.2 Å². The third-order valence-electron chi connectivity index (χ3n) is 8.32. The van der Waals surface area contributed by atoms with E-state index in [0.29, 0.717) is 23.0 Å². The first-order valence-electron chi connectivity index (χ1n) is 14.8. The molecule has 2 aliphatic rings. The fraction of sp³-hybridized carbons (Fsp3) is 0.533. The van der Waals surface area contributed by atoms with Crippen LogP contribution in [0.2, 0.25) is 0 Å². The molecule has 3 aromatic rings. The Hall–Kier alpha value is -3.39. The molecule has 9 nitrogen and oxygen atoms in total. The summed E-state index contributed by atoms with van der Waals surface area (Å²) in [6, 6.07) is 5.94. The molecular weight excluding hydrogens is 600 g/mol. The third-order valence-corrected chi connectivity index (χ3v) is 9.59. The summed E-state index contributed by atoms with van der Waals surface area (Å²) in [6.45, 7) is 3.62. The zero-order chi connectivity index (χ0) is 31.8. The zero-order valence-corrected chi connectivity index (χ0v) is 25.6. The van der Waals surface area contributed by atoms with Crippen molar-refractivity contribution < 1.29 is 26.0 Å². The van der Waals surface area contributed by atoms with Crippen LogP contribution in [0.3, 0.4) is 0 Å². The SMILES string of the molecule is CC(C)n1c(=O)c(-c2ccc(NS(=O)(=O)CCC(F)(F)F)c(F)c2)cc2cnc(N=CC3CCC(N(C)C4CC4)CC3)nc21. The molecule has 0 amide bonds. The van der Waals surface area contributed by atoms with Gasteiger partial charge in [0.15, 0.2) is 0 Å². The highest BCUT2D eigenvalue weighted by atomic mass is 32.2. The Balaban J connectivity index is 1.36. The van der Waals surface area contributed by atoms with E-state index in [4.69, 9.17) is 0 Å². The summed E-state index contributed by atoms with van der Waals surface area (Å²) in [5.41, 5.74) is -0.302. The molecule has 2 saturated carbocycles. The Bertz CT molecular complexity index is 1710. The molecule has 0 unspecified atom stereocenters. The Kier molecular flexibility index (Phi) is 9.13.